The highest BCUT2D eigenvalue weighted by molar-refractivity contribution is 5.57. The molecule has 1 heterocycles. The third-order valence-electron chi connectivity index (χ3n) is 8.28. The van der Waals surface area contributed by atoms with Crippen molar-refractivity contribution in [2.75, 3.05) is 36.0 Å². The summed E-state index contributed by atoms with van der Waals surface area (Å²) in [5.41, 5.74) is 8.72. The fourth-order valence-corrected chi connectivity index (χ4v) is 5.53. The summed E-state index contributed by atoms with van der Waals surface area (Å²) in [5, 5.41) is 17.8. The summed E-state index contributed by atoms with van der Waals surface area (Å²) < 4.78 is 0. The lowest BCUT2D eigenvalue weighted by Gasteiger charge is -2.37. The van der Waals surface area contributed by atoms with Gasteiger partial charge in [0.15, 0.2) is 0 Å². The Morgan fingerprint density at radius 1 is 0.409 bits per heavy atom. The van der Waals surface area contributed by atoms with Gasteiger partial charge in [0, 0.05) is 37.6 Å². The van der Waals surface area contributed by atoms with Crippen LogP contribution in [0.15, 0.2) is 118 Å². The van der Waals surface area contributed by atoms with Crippen molar-refractivity contribution in [2.24, 2.45) is 20.5 Å². The predicted molar refractivity (Wildman–Crippen MR) is 185 cm³/mol. The van der Waals surface area contributed by atoms with Crippen molar-refractivity contribution in [3.63, 3.8) is 0 Å². The first kappa shape index (κ1) is 31.1. The van der Waals surface area contributed by atoms with Crippen molar-refractivity contribution < 1.29 is 0 Å². The van der Waals surface area contributed by atoms with Crippen molar-refractivity contribution in [1.82, 2.24) is 0 Å². The average molecular weight is 587 g/mol. The topological polar surface area (TPSA) is 55.9 Å². The molecule has 6 nitrogen and oxygen atoms in total. The van der Waals surface area contributed by atoms with Gasteiger partial charge in [-0.05, 0) is 110 Å². The number of benzene rings is 4. The summed E-state index contributed by atoms with van der Waals surface area (Å²) in [6.07, 6.45) is 9.82. The fourth-order valence-electron chi connectivity index (χ4n) is 5.53. The Hall–Kier alpha value is -4.32. The summed E-state index contributed by atoms with van der Waals surface area (Å²) in [4.78, 5) is 4.87. The molecule has 0 aliphatic carbocycles. The van der Waals surface area contributed by atoms with Gasteiger partial charge in [-0.25, -0.2) is 0 Å². The van der Waals surface area contributed by atoms with Crippen LogP contribution in [0.25, 0.3) is 0 Å². The Morgan fingerprint density at radius 3 is 1.00 bits per heavy atom. The Bertz CT molecular complexity index is 1340. The quantitative estimate of drug-likeness (QED) is 0.109. The maximum Gasteiger partial charge on any atom is 0.0858 e. The van der Waals surface area contributed by atoms with Gasteiger partial charge in [-0.2, -0.15) is 20.5 Å². The molecule has 6 heteroatoms. The van der Waals surface area contributed by atoms with Gasteiger partial charge in [-0.3, -0.25) is 0 Å². The van der Waals surface area contributed by atoms with E-state index in [0.29, 0.717) is 0 Å². The van der Waals surface area contributed by atoms with Gasteiger partial charge < -0.3 is 9.80 Å². The second kappa shape index (κ2) is 16.5. The summed E-state index contributed by atoms with van der Waals surface area (Å²) in [6.45, 7) is 8.37. The van der Waals surface area contributed by atoms with Crippen molar-refractivity contribution in [3.05, 3.63) is 108 Å². The molecule has 1 aliphatic heterocycles. The van der Waals surface area contributed by atoms with E-state index < -0.39 is 0 Å². The van der Waals surface area contributed by atoms with Crippen LogP contribution in [-0.4, -0.2) is 26.2 Å². The van der Waals surface area contributed by atoms with Gasteiger partial charge >= 0.3 is 0 Å². The van der Waals surface area contributed by atoms with Crippen molar-refractivity contribution in [1.29, 1.82) is 0 Å². The van der Waals surface area contributed by atoms with Crippen LogP contribution in [0.4, 0.5) is 34.1 Å². The molecule has 1 aliphatic rings. The van der Waals surface area contributed by atoms with Crippen LogP contribution in [0.2, 0.25) is 0 Å². The van der Waals surface area contributed by atoms with Crippen LogP contribution in [-0.2, 0) is 12.8 Å². The zero-order chi connectivity index (χ0) is 30.4. The Morgan fingerprint density at radius 2 is 0.705 bits per heavy atom. The minimum Gasteiger partial charge on any atom is -0.368 e. The largest absolute Gasteiger partial charge is 0.368 e. The molecule has 4 aromatic rings. The molecule has 1 saturated heterocycles. The van der Waals surface area contributed by atoms with Crippen molar-refractivity contribution in [3.8, 4) is 0 Å². The number of anilines is 2. The highest BCUT2D eigenvalue weighted by atomic mass is 15.3. The lowest BCUT2D eigenvalue weighted by Crippen LogP contribution is -2.46. The van der Waals surface area contributed by atoms with Crippen LogP contribution in [0.5, 0.6) is 0 Å². The van der Waals surface area contributed by atoms with Crippen LogP contribution < -0.4 is 9.80 Å². The molecule has 44 heavy (non-hydrogen) atoms. The number of nitrogens with zero attached hydrogens (tertiary/aromatic N) is 6. The normalized spacial score (nSPS) is 13.8. The maximum absolute atomic E-state index is 4.46. The molecule has 0 spiro atoms. The summed E-state index contributed by atoms with van der Waals surface area (Å²) in [6, 6.07) is 33.8. The SMILES string of the molecule is CCCCCc1ccc(/N=N/c2ccc(N3CCN(c4ccc(/N=N/c5ccc(CCCCC)cc5)cc4)CC3)cc2)cc1. The molecule has 0 saturated carbocycles. The molecule has 0 aromatic heterocycles. The van der Waals surface area contributed by atoms with E-state index in [-0.39, 0.29) is 0 Å². The molecular weight excluding hydrogens is 540 g/mol. The van der Waals surface area contributed by atoms with E-state index in [0.717, 1.165) is 61.8 Å². The van der Waals surface area contributed by atoms with Gasteiger partial charge in [0.2, 0.25) is 0 Å². The van der Waals surface area contributed by atoms with Gasteiger partial charge in [0.1, 0.15) is 0 Å². The first-order valence-electron chi connectivity index (χ1n) is 16.4. The number of piperazine rings is 1. The summed E-state index contributed by atoms with van der Waals surface area (Å²) >= 11 is 0. The van der Waals surface area contributed by atoms with Gasteiger partial charge in [0.25, 0.3) is 0 Å². The van der Waals surface area contributed by atoms with Crippen LogP contribution in [0.3, 0.4) is 0 Å². The number of azo groups is 2. The summed E-state index contributed by atoms with van der Waals surface area (Å²) in [5.74, 6) is 0. The predicted octanol–water partition coefficient (Wildman–Crippen LogP) is 11.3. The number of rotatable bonds is 14. The molecule has 1 fully saturated rings. The third-order valence-corrected chi connectivity index (χ3v) is 8.28. The number of aryl methyl sites for hydroxylation is 2. The fraction of sp³-hybridized carbons (Fsp3) is 0.368. The van der Waals surface area contributed by atoms with E-state index in [9.17, 15) is 0 Å². The molecule has 0 radical (unpaired) electrons. The Labute approximate surface area is 263 Å². The summed E-state index contributed by atoms with van der Waals surface area (Å²) in [7, 11) is 0. The number of hydrogen-bond acceptors (Lipinski definition) is 6. The Kier molecular flexibility index (Phi) is 11.7. The van der Waals surface area contributed by atoms with Crippen molar-refractivity contribution >= 4 is 34.1 Å². The van der Waals surface area contributed by atoms with Crippen molar-refractivity contribution in [2.45, 2.75) is 65.2 Å². The minimum atomic E-state index is 0.871. The van der Waals surface area contributed by atoms with E-state index in [1.807, 2.05) is 0 Å². The molecular formula is C38H46N6. The first-order valence-corrected chi connectivity index (χ1v) is 16.4. The van der Waals surface area contributed by atoms with E-state index in [2.05, 4.69) is 141 Å². The molecule has 0 N–H and O–H groups in total. The van der Waals surface area contributed by atoms with E-state index >= 15 is 0 Å². The monoisotopic (exact) mass is 586 g/mol. The van der Waals surface area contributed by atoms with Crippen LogP contribution in [0.1, 0.15) is 63.5 Å². The molecule has 0 bridgehead atoms. The molecule has 0 unspecified atom stereocenters. The maximum atomic E-state index is 4.46. The molecule has 0 atom stereocenters. The zero-order valence-corrected chi connectivity index (χ0v) is 26.4. The van der Waals surface area contributed by atoms with Gasteiger partial charge in [-0.15, -0.1) is 0 Å². The molecule has 228 valence electrons. The van der Waals surface area contributed by atoms with Gasteiger partial charge in [-0.1, -0.05) is 63.8 Å². The number of hydrogen-bond donors (Lipinski definition) is 0. The molecule has 0 amide bonds. The van der Waals surface area contributed by atoms with E-state index in [4.69, 9.17) is 0 Å². The molecule has 4 aromatic carbocycles. The second-order valence-corrected chi connectivity index (χ2v) is 11.7. The van der Waals surface area contributed by atoms with E-state index in [1.54, 1.807) is 0 Å². The number of unbranched alkanes of at least 4 members (excludes halogenated alkanes) is 4. The van der Waals surface area contributed by atoms with Crippen LogP contribution in [0, 0.1) is 0 Å². The zero-order valence-electron chi connectivity index (χ0n) is 26.4. The standard InChI is InChI=1S/C38H46N6/c1-3-5-7-9-31-11-15-33(16-12-31)39-41-35-19-23-37(24-20-35)43-27-29-44(30-28-43)38-25-21-36(22-26-38)42-40-34-17-13-32(14-18-34)10-8-6-4-2/h11-26H,3-10,27-30H2,1-2H3/b41-39+,42-40+. The Balaban J connectivity index is 1.07. The second-order valence-electron chi connectivity index (χ2n) is 11.7. The minimum absolute atomic E-state index is 0.871. The lowest BCUT2D eigenvalue weighted by atomic mass is 10.1. The average Bonchev–Trinajstić information content (AvgIpc) is 3.08. The van der Waals surface area contributed by atoms with Crippen LogP contribution >= 0.6 is 0 Å². The third kappa shape index (κ3) is 9.34. The first-order chi connectivity index (χ1) is 21.7. The smallest absolute Gasteiger partial charge is 0.0858 e. The highest BCUT2D eigenvalue weighted by Gasteiger charge is 2.17. The highest BCUT2D eigenvalue weighted by Crippen LogP contribution is 2.27. The van der Waals surface area contributed by atoms with E-state index in [1.165, 1.54) is 61.0 Å². The molecule has 5 rings (SSSR count). The van der Waals surface area contributed by atoms with Gasteiger partial charge in [0.05, 0.1) is 22.7 Å². The lowest BCUT2D eigenvalue weighted by molar-refractivity contribution is 0.653.